The Morgan fingerprint density at radius 2 is 1.28 bits per heavy atom. The van der Waals surface area contributed by atoms with E-state index in [1.54, 1.807) is 11.1 Å². The van der Waals surface area contributed by atoms with Gasteiger partial charge in [-0.25, -0.2) is 0 Å². The summed E-state index contributed by atoms with van der Waals surface area (Å²) in [5, 5.41) is 7.67. The molecule has 2 heteroatoms. The number of nitrogens with zero attached hydrogens (tertiary/aromatic N) is 1. The van der Waals surface area contributed by atoms with Gasteiger partial charge in [-0.15, -0.1) is 0 Å². The summed E-state index contributed by atoms with van der Waals surface area (Å²) in [7, 11) is 0. The second-order valence-corrected chi connectivity index (χ2v) is 17.4. The molecular formula is C51H37NO. The highest BCUT2D eigenvalue weighted by molar-refractivity contribution is 6.22. The first-order chi connectivity index (χ1) is 26.2. The zero-order valence-electron chi connectivity index (χ0n) is 29.5. The van der Waals surface area contributed by atoms with Crippen LogP contribution in [0.2, 0.25) is 0 Å². The van der Waals surface area contributed by atoms with Crippen molar-refractivity contribution in [3.8, 4) is 27.9 Å². The summed E-state index contributed by atoms with van der Waals surface area (Å²) in [4.78, 5) is 0. The van der Waals surface area contributed by atoms with Gasteiger partial charge < -0.3 is 8.98 Å². The normalized spacial score (nSPS) is 27.4. The fourth-order valence-electron chi connectivity index (χ4n) is 14.0. The van der Waals surface area contributed by atoms with Crippen LogP contribution in [0.15, 0.2) is 144 Å². The van der Waals surface area contributed by atoms with E-state index >= 15 is 0 Å². The SMILES string of the molecule is c1cc(-c2cccc3c2oc2ccccc23)cc(-n2c3cc4c(cc3c3c5ccccc5ccc32)-c2ccccc2C42C3CC4CC5CC2C3(C4)C5)c1. The molecule has 4 saturated carbocycles. The number of rotatable bonds is 2. The monoisotopic (exact) mass is 679 g/mol. The van der Waals surface area contributed by atoms with E-state index in [-0.39, 0.29) is 5.41 Å². The third kappa shape index (κ3) is 3.15. The van der Waals surface area contributed by atoms with Crippen molar-refractivity contribution in [3.05, 3.63) is 151 Å². The lowest BCUT2D eigenvalue weighted by Gasteiger charge is -2.64. The minimum absolute atomic E-state index is 0.145. The lowest BCUT2D eigenvalue weighted by molar-refractivity contribution is -0.0819. The number of furan rings is 1. The minimum atomic E-state index is 0.145. The quantitative estimate of drug-likeness (QED) is 0.178. The Labute approximate surface area is 307 Å². The Morgan fingerprint density at radius 3 is 2.19 bits per heavy atom. The van der Waals surface area contributed by atoms with Gasteiger partial charge in [0, 0.05) is 38.2 Å². The number of hydrogen-bond acceptors (Lipinski definition) is 1. The number of hydrogen-bond donors (Lipinski definition) is 0. The fraction of sp³-hybridized carbons (Fsp3) is 0.216. The van der Waals surface area contributed by atoms with Crippen molar-refractivity contribution in [2.75, 3.05) is 0 Å². The van der Waals surface area contributed by atoms with Gasteiger partial charge in [0.15, 0.2) is 0 Å². The average molecular weight is 680 g/mol. The molecule has 9 aromatic rings. The summed E-state index contributed by atoms with van der Waals surface area (Å²) in [6.45, 7) is 0. The molecule has 0 N–H and O–H groups in total. The summed E-state index contributed by atoms with van der Waals surface area (Å²) in [6.07, 6.45) is 7.29. The summed E-state index contributed by atoms with van der Waals surface area (Å²) in [5.74, 6) is 3.40. The number of benzene rings is 7. The van der Waals surface area contributed by atoms with Gasteiger partial charge in [-0.05, 0) is 136 Å². The second-order valence-electron chi connectivity index (χ2n) is 17.4. The first-order valence-corrected chi connectivity index (χ1v) is 19.8. The van der Waals surface area contributed by atoms with Crippen molar-refractivity contribution >= 4 is 54.5 Å². The summed E-state index contributed by atoms with van der Waals surface area (Å²) < 4.78 is 9.14. The molecule has 0 radical (unpaired) electrons. The molecule has 4 atom stereocenters. The van der Waals surface area contributed by atoms with E-state index in [0.717, 1.165) is 40.4 Å². The van der Waals surface area contributed by atoms with E-state index in [9.17, 15) is 0 Å². The molecule has 0 saturated heterocycles. The maximum Gasteiger partial charge on any atom is 0.143 e. The van der Waals surface area contributed by atoms with E-state index in [1.165, 1.54) is 97.8 Å². The van der Waals surface area contributed by atoms with Crippen LogP contribution < -0.4 is 0 Å². The topological polar surface area (TPSA) is 18.1 Å². The highest BCUT2D eigenvalue weighted by atomic mass is 16.3. The molecular weight excluding hydrogens is 643 g/mol. The predicted octanol–water partition coefficient (Wildman–Crippen LogP) is 13.2. The van der Waals surface area contributed by atoms with E-state index in [4.69, 9.17) is 4.42 Å². The molecule has 7 aromatic carbocycles. The van der Waals surface area contributed by atoms with Crippen LogP contribution in [0.25, 0.3) is 82.5 Å². The first-order valence-electron chi connectivity index (χ1n) is 19.8. The van der Waals surface area contributed by atoms with Crippen LogP contribution in [0, 0.1) is 29.1 Å². The van der Waals surface area contributed by atoms with Gasteiger partial charge in [-0.1, -0.05) is 103 Å². The molecule has 0 amide bonds. The molecule has 3 bridgehead atoms. The molecule has 2 nitrogen and oxygen atoms in total. The van der Waals surface area contributed by atoms with E-state index in [1.807, 2.05) is 0 Å². The maximum absolute atomic E-state index is 6.55. The number of fused-ring (bicyclic) bond motifs is 17. The van der Waals surface area contributed by atoms with Gasteiger partial charge in [-0.2, -0.15) is 0 Å². The van der Waals surface area contributed by atoms with Crippen LogP contribution in [-0.2, 0) is 5.41 Å². The molecule has 252 valence electrons. The van der Waals surface area contributed by atoms with Crippen LogP contribution in [0.5, 0.6) is 0 Å². The smallest absolute Gasteiger partial charge is 0.143 e. The standard InChI is InChI=1S/C51H37NO/c1-2-12-34-31(9-1)19-20-43-48(34)40-25-39-36-13-3-5-17-41(36)51(46-22-29-21-30-23-47(51)50(46,27-29)28-30)42(39)26-44(40)52(43)33-11-7-10-32(24-33)35-15-8-16-38-37-14-4-6-18-45(37)53-49(35)38/h1-20,24-26,29-30,46-47H,21-23,27-28H2. The van der Waals surface area contributed by atoms with Crippen LogP contribution in [0.4, 0.5) is 0 Å². The Morgan fingerprint density at radius 1 is 0.528 bits per heavy atom. The summed E-state index contributed by atoms with van der Waals surface area (Å²) >= 11 is 0. The van der Waals surface area contributed by atoms with Gasteiger partial charge >= 0.3 is 0 Å². The highest BCUT2D eigenvalue weighted by Gasteiger charge is 2.79. The number of para-hydroxylation sites is 2. The average Bonchev–Trinajstić information content (AvgIpc) is 3.95. The zero-order valence-corrected chi connectivity index (χ0v) is 29.5. The molecule has 4 fully saturated rings. The third-order valence-corrected chi connectivity index (χ3v) is 15.4. The van der Waals surface area contributed by atoms with Gasteiger partial charge in [0.1, 0.15) is 11.2 Å². The molecule has 14 rings (SSSR count). The van der Waals surface area contributed by atoms with Crippen molar-refractivity contribution in [1.29, 1.82) is 0 Å². The number of aromatic nitrogens is 1. The Kier molecular flexibility index (Phi) is 4.91. The highest BCUT2D eigenvalue weighted by Crippen LogP contribution is 2.85. The second kappa shape index (κ2) is 9.30. The molecule has 53 heavy (non-hydrogen) atoms. The van der Waals surface area contributed by atoms with Gasteiger partial charge in [0.25, 0.3) is 0 Å². The third-order valence-electron chi connectivity index (χ3n) is 15.4. The molecule has 5 aliphatic rings. The van der Waals surface area contributed by atoms with Gasteiger partial charge in [-0.3, -0.25) is 0 Å². The molecule has 4 unspecified atom stereocenters. The van der Waals surface area contributed by atoms with Crippen molar-refractivity contribution in [1.82, 2.24) is 4.57 Å². The van der Waals surface area contributed by atoms with Crippen LogP contribution >= 0.6 is 0 Å². The Balaban J connectivity index is 1.06. The minimum Gasteiger partial charge on any atom is -0.455 e. The first kappa shape index (κ1) is 28.0. The molecule has 2 aromatic heterocycles. The molecule has 5 aliphatic carbocycles. The van der Waals surface area contributed by atoms with E-state index in [0.29, 0.717) is 5.41 Å². The van der Waals surface area contributed by atoms with Crippen LogP contribution in [0.3, 0.4) is 0 Å². The fourth-order valence-corrected chi connectivity index (χ4v) is 14.0. The molecule has 2 spiro atoms. The van der Waals surface area contributed by atoms with Crippen molar-refractivity contribution in [3.63, 3.8) is 0 Å². The Bertz CT molecular complexity index is 3080. The zero-order chi connectivity index (χ0) is 34.2. The molecule has 0 aliphatic heterocycles. The van der Waals surface area contributed by atoms with Crippen molar-refractivity contribution in [2.24, 2.45) is 29.1 Å². The van der Waals surface area contributed by atoms with E-state index < -0.39 is 0 Å². The van der Waals surface area contributed by atoms with Crippen molar-refractivity contribution < 1.29 is 4.42 Å². The summed E-state index contributed by atoms with van der Waals surface area (Å²) in [5.41, 5.74) is 15.0. The predicted molar refractivity (Wildman–Crippen MR) is 217 cm³/mol. The van der Waals surface area contributed by atoms with E-state index in [2.05, 4.69) is 144 Å². The lowest BCUT2D eigenvalue weighted by Crippen LogP contribution is -2.62. The summed E-state index contributed by atoms with van der Waals surface area (Å²) in [6, 6.07) is 52.7. The van der Waals surface area contributed by atoms with Crippen molar-refractivity contribution in [2.45, 2.75) is 37.5 Å². The van der Waals surface area contributed by atoms with Crippen LogP contribution in [-0.4, -0.2) is 4.57 Å². The Hall–Kier alpha value is -5.60. The van der Waals surface area contributed by atoms with Gasteiger partial charge in [0.2, 0.25) is 0 Å². The maximum atomic E-state index is 6.55. The van der Waals surface area contributed by atoms with Gasteiger partial charge in [0.05, 0.1) is 11.0 Å². The molecule has 2 heterocycles. The lowest BCUT2D eigenvalue weighted by atomic mass is 9.38. The largest absolute Gasteiger partial charge is 0.455 e. The van der Waals surface area contributed by atoms with Crippen LogP contribution in [0.1, 0.15) is 43.2 Å².